The fourth-order valence-corrected chi connectivity index (χ4v) is 0.902. The Morgan fingerprint density at radius 1 is 1.46 bits per heavy atom. The number of nitrogens with zero attached hydrogens (tertiary/aromatic N) is 1. The molecule has 13 heavy (non-hydrogen) atoms. The Morgan fingerprint density at radius 2 is 2.15 bits per heavy atom. The van der Waals surface area contributed by atoms with Crippen LogP contribution in [0.2, 0.25) is 0 Å². The Balaban J connectivity index is 3.85. The molecule has 0 atom stereocenters. The summed E-state index contributed by atoms with van der Waals surface area (Å²) in [4.78, 5) is 4.13. The quantitative estimate of drug-likeness (QED) is 0.392. The summed E-state index contributed by atoms with van der Waals surface area (Å²) >= 11 is 0. The van der Waals surface area contributed by atoms with E-state index in [1.165, 1.54) is 0 Å². The molecule has 0 aliphatic carbocycles. The van der Waals surface area contributed by atoms with E-state index in [4.69, 9.17) is 0 Å². The van der Waals surface area contributed by atoms with Crippen molar-refractivity contribution in [3.63, 3.8) is 0 Å². The van der Waals surface area contributed by atoms with E-state index in [9.17, 15) is 0 Å². The number of hydrogen-bond acceptors (Lipinski definition) is 1. The molecule has 0 rings (SSSR count). The van der Waals surface area contributed by atoms with Gasteiger partial charge in [-0.25, -0.2) is 0 Å². The molecule has 0 radical (unpaired) electrons. The van der Waals surface area contributed by atoms with Gasteiger partial charge in [-0.15, -0.1) is 0 Å². The van der Waals surface area contributed by atoms with Crippen molar-refractivity contribution in [3.8, 4) is 0 Å². The third-order valence-corrected chi connectivity index (χ3v) is 1.77. The zero-order chi connectivity index (χ0) is 10.1. The average Bonchev–Trinajstić information content (AvgIpc) is 2.16. The van der Waals surface area contributed by atoms with Crippen LogP contribution in [0.5, 0.6) is 0 Å². The average molecular weight is 180 g/mol. The summed E-state index contributed by atoms with van der Waals surface area (Å²) in [5, 5.41) is 3.19. The first-order chi connectivity index (χ1) is 6.24. The lowest BCUT2D eigenvalue weighted by molar-refractivity contribution is 0.942. The first-order valence-electron chi connectivity index (χ1n) is 4.78. The van der Waals surface area contributed by atoms with Crippen molar-refractivity contribution < 1.29 is 0 Å². The van der Waals surface area contributed by atoms with Crippen molar-refractivity contribution in [3.05, 3.63) is 24.3 Å². The molecule has 0 aliphatic heterocycles. The highest BCUT2D eigenvalue weighted by Crippen LogP contribution is 1.99. The van der Waals surface area contributed by atoms with Gasteiger partial charge < -0.3 is 5.32 Å². The van der Waals surface area contributed by atoms with Crippen LogP contribution in [0.4, 0.5) is 0 Å². The molecule has 74 valence electrons. The van der Waals surface area contributed by atoms with Gasteiger partial charge in [-0.3, -0.25) is 4.99 Å². The second-order valence-corrected chi connectivity index (χ2v) is 2.82. The maximum atomic E-state index is 4.13. The normalized spacial score (nSPS) is 12.1. The Morgan fingerprint density at radius 3 is 2.62 bits per heavy atom. The van der Waals surface area contributed by atoms with E-state index < -0.39 is 0 Å². The minimum atomic E-state index is 0.864. The molecule has 0 aromatic heterocycles. The van der Waals surface area contributed by atoms with Crippen molar-refractivity contribution in [2.45, 2.75) is 26.7 Å². The monoisotopic (exact) mass is 180 g/mol. The van der Waals surface area contributed by atoms with Crippen LogP contribution in [0.25, 0.3) is 0 Å². The molecule has 0 heterocycles. The minimum absolute atomic E-state index is 0.864. The predicted octanol–water partition coefficient (Wildman–Crippen LogP) is 2.54. The smallest absolute Gasteiger partial charge is 0.0997 e. The molecule has 0 fully saturated rings. The van der Waals surface area contributed by atoms with E-state index in [1.54, 1.807) is 7.05 Å². The van der Waals surface area contributed by atoms with Gasteiger partial charge in [0.1, 0.15) is 0 Å². The lowest BCUT2D eigenvalue weighted by atomic mass is 10.2. The molecule has 0 aliphatic rings. The maximum Gasteiger partial charge on any atom is 0.0997 e. The van der Waals surface area contributed by atoms with E-state index in [1.807, 2.05) is 0 Å². The lowest BCUT2D eigenvalue weighted by Gasteiger charge is -2.03. The first kappa shape index (κ1) is 11.9. The summed E-state index contributed by atoms with van der Waals surface area (Å²) in [6, 6.07) is 0. The molecule has 2 heteroatoms. The fraction of sp³-hybridized carbons (Fsp3) is 0.545. The zero-order valence-electron chi connectivity index (χ0n) is 8.93. The first-order valence-corrected chi connectivity index (χ1v) is 4.78. The molecular weight excluding hydrogens is 160 g/mol. The molecule has 0 bridgehead atoms. The van der Waals surface area contributed by atoms with Crippen molar-refractivity contribution in [1.82, 2.24) is 5.32 Å². The van der Waals surface area contributed by atoms with Gasteiger partial charge in [0.15, 0.2) is 0 Å². The van der Waals surface area contributed by atoms with Crippen molar-refractivity contribution in [2.75, 3.05) is 13.6 Å². The zero-order valence-corrected chi connectivity index (χ0v) is 8.93. The van der Waals surface area contributed by atoms with Crippen LogP contribution < -0.4 is 5.32 Å². The third-order valence-electron chi connectivity index (χ3n) is 1.77. The van der Waals surface area contributed by atoms with Crippen LogP contribution in [0.15, 0.2) is 29.3 Å². The summed E-state index contributed by atoms with van der Waals surface area (Å²) in [5.41, 5.74) is 1.16. The van der Waals surface area contributed by atoms with Gasteiger partial charge in [0, 0.05) is 20.0 Å². The molecular formula is C11H20N2. The number of allylic oxidation sites excluding steroid dienone is 2. The highest BCUT2D eigenvalue weighted by molar-refractivity contribution is 5.83. The Hall–Kier alpha value is -1.05. The van der Waals surface area contributed by atoms with Crippen molar-refractivity contribution in [2.24, 2.45) is 4.99 Å². The van der Waals surface area contributed by atoms with Gasteiger partial charge in [-0.2, -0.15) is 0 Å². The molecule has 1 N–H and O–H groups in total. The number of nitrogens with one attached hydrogen (secondary N) is 1. The summed E-state index contributed by atoms with van der Waals surface area (Å²) in [5.74, 6) is 1.03. The van der Waals surface area contributed by atoms with Crippen LogP contribution in [0.3, 0.4) is 0 Å². The van der Waals surface area contributed by atoms with Gasteiger partial charge in [0.25, 0.3) is 0 Å². The fourth-order valence-electron chi connectivity index (χ4n) is 0.902. The van der Waals surface area contributed by atoms with E-state index in [0.717, 1.165) is 30.8 Å². The third kappa shape index (κ3) is 6.14. The summed E-state index contributed by atoms with van der Waals surface area (Å²) in [6.07, 6.45) is 6.03. The minimum Gasteiger partial charge on any atom is -0.374 e. The van der Waals surface area contributed by atoms with Crippen molar-refractivity contribution in [1.29, 1.82) is 0 Å². The number of rotatable bonds is 5. The number of hydrogen-bond donors (Lipinski definition) is 1. The van der Waals surface area contributed by atoms with Crippen LogP contribution in [0, 0.1) is 0 Å². The molecule has 0 amide bonds. The second kappa shape index (κ2) is 7.59. The lowest BCUT2D eigenvalue weighted by Crippen LogP contribution is -2.21. The standard InChI is InChI=1S/C11H20N2/c1-5-10(3)8-7-9-11(12-4)13-6-2/h7-8H,3,5-6,9H2,1-2,4H3,(H,12,13)/b8-7-. The van der Waals surface area contributed by atoms with Gasteiger partial charge in [0.2, 0.25) is 0 Å². The Kier molecular flexibility index (Phi) is 6.98. The second-order valence-electron chi connectivity index (χ2n) is 2.82. The molecule has 0 unspecified atom stereocenters. The van der Waals surface area contributed by atoms with Crippen LogP contribution in [-0.4, -0.2) is 19.4 Å². The van der Waals surface area contributed by atoms with E-state index >= 15 is 0 Å². The SMILES string of the molecule is C=C(/C=C\CC(=NC)NCC)CC. The van der Waals surface area contributed by atoms with Gasteiger partial charge in [-0.05, 0) is 13.3 Å². The van der Waals surface area contributed by atoms with Crippen molar-refractivity contribution >= 4 is 5.84 Å². The Labute approximate surface area is 81.5 Å². The Bertz CT molecular complexity index is 202. The highest BCUT2D eigenvalue weighted by Gasteiger charge is 1.90. The molecule has 0 saturated carbocycles. The van der Waals surface area contributed by atoms with Crippen LogP contribution in [-0.2, 0) is 0 Å². The molecule has 0 aromatic rings. The summed E-state index contributed by atoms with van der Waals surface area (Å²) < 4.78 is 0. The number of aliphatic imine (C=N–C) groups is 1. The molecule has 0 aromatic carbocycles. The molecule has 2 nitrogen and oxygen atoms in total. The van der Waals surface area contributed by atoms with E-state index in [-0.39, 0.29) is 0 Å². The van der Waals surface area contributed by atoms with E-state index in [2.05, 4.69) is 42.9 Å². The maximum absolute atomic E-state index is 4.13. The number of amidine groups is 1. The molecule has 0 saturated heterocycles. The van der Waals surface area contributed by atoms with Crippen LogP contribution in [0.1, 0.15) is 26.7 Å². The predicted molar refractivity (Wildman–Crippen MR) is 60.2 cm³/mol. The van der Waals surface area contributed by atoms with Gasteiger partial charge in [0.05, 0.1) is 5.84 Å². The van der Waals surface area contributed by atoms with E-state index in [0.29, 0.717) is 0 Å². The van der Waals surface area contributed by atoms with Gasteiger partial charge >= 0.3 is 0 Å². The summed E-state index contributed by atoms with van der Waals surface area (Å²) in [7, 11) is 1.81. The highest BCUT2D eigenvalue weighted by atomic mass is 15.0. The largest absolute Gasteiger partial charge is 0.374 e. The topological polar surface area (TPSA) is 24.4 Å². The summed E-state index contributed by atoms with van der Waals surface area (Å²) in [6.45, 7) is 8.99. The van der Waals surface area contributed by atoms with Crippen LogP contribution >= 0.6 is 0 Å². The van der Waals surface area contributed by atoms with Gasteiger partial charge in [-0.1, -0.05) is 31.2 Å². The molecule has 0 spiro atoms.